The normalized spacial score (nSPS) is 13.8. The Kier molecular flexibility index (Phi) is 9.02. The SMILES string of the molecule is CC.CC(Cl)C(=O)NC(CF)C(O)c1ccc(-c2cnccn2)cc1. The first-order valence-electron chi connectivity index (χ1n) is 8.07. The molecule has 0 bridgehead atoms. The monoisotopic (exact) mass is 367 g/mol. The molecule has 1 heterocycles. The third-order valence-electron chi connectivity index (χ3n) is 3.35. The third kappa shape index (κ3) is 6.07. The van der Waals surface area contributed by atoms with E-state index in [2.05, 4.69) is 15.3 Å². The number of halogens is 2. The lowest BCUT2D eigenvalue weighted by Gasteiger charge is -2.22. The zero-order valence-electron chi connectivity index (χ0n) is 14.5. The number of aromatic nitrogens is 2. The average Bonchev–Trinajstić information content (AvgIpc) is 2.67. The summed E-state index contributed by atoms with van der Waals surface area (Å²) >= 11 is 5.64. The van der Waals surface area contributed by atoms with Gasteiger partial charge in [0.25, 0.3) is 0 Å². The van der Waals surface area contributed by atoms with Gasteiger partial charge in [-0.25, -0.2) is 4.39 Å². The van der Waals surface area contributed by atoms with E-state index in [1.165, 1.54) is 6.92 Å². The zero-order valence-corrected chi connectivity index (χ0v) is 15.2. The van der Waals surface area contributed by atoms with E-state index in [9.17, 15) is 14.3 Å². The number of nitrogens with zero attached hydrogens (tertiary/aromatic N) is 2. The van der Waals surface area contributed by atoms with Crippen molar-refractivity contribution in [3.63, 3.8) is 0 Å². The molecule has 1 amide bonds. The lowest BCUT2D eigenvalue weighted by molar-refractivity contribution is -0.122. The third-order valence-corrected chi connectivity index (χ3v) is 3.55. The molecule has 0 saturated carbocycles. The molecule has 2 rings (SSSR count). The van der Waals surface area contributed by atoms with E-state index in [1.54, 1.807) is 42.9 Å². The number of carbonyl (C=O) groups excluding carboxylic acids is 1. The molecule has 0 fully saturated rings. The number of amides is 1. The number of hydrogen-bond donors (Lipinski definition) is 2. The van der Waals surface area contributed by atoms with Gasteiger partial charge in [0.1, 0.15) is 18.2 Å². The molecule has 25 heavy (non-hydrogen) atoms. The molecule has 0 saturated heterocycles. The number of hydrogen-bond acceptors (Lipinski definition) is 4. The molecule has 0 aliphatic carbocycles. The first-order chi connectivity index (χ1) is 12.0. The quantitative estimate of drug-likeness (QED) is 0.768. The minimum atomic E-state index is -1.17. The van der Waals surface area contributed by atoms with Crippen molar-refractivity contribution in [2.24, 2.45) is 0 Å². The van der Waals surface area contributed by atoms with Gasteiger partial charge in [0.2, 0.25) is 5.91 Å². The topological polar surface area (TPSA) is 75.1 Å². The maximum atomic E-state index is 13.1. The van der Waals surface area contributed by atoms with Gasteiger partial charge in [-0.15, -0.1) is 11.6 Å². The molecule has 5 nitrogen and oxygen atoms in total. The first kappa shape index (κ1) is 21.0. The molecule has 0 aliphatic heterocycles. The fraction of sp³-hybridized carbons (Fsp3) is 0.389. The van der Waals surface area contributed by atoms with E-state index in [0.717, 1.165) is 5.56 Å². The molecule has 7 heteroatoms. The van der Waals surface area contributed by atoms with Crippen LogP contribution in [0.15, 0.2) is 42.9 Å². The van der Waals surface area contributed by atoms with Crippen LogP contribution in [0.2, 0.25) is 0 Å². The van der Waals surface area contributed by atoms with Crippen LogP contribution >= 0.6 is 11.6 Å². The molecule has 2 N–H and O–H groups in total. The summed E-state index contributed by atoms with van der Waals surface area (Å²) in [6, 6.07) is 5.78. The lowest BCUT2D eigenvalue weighted by Crippen LogP contribution is -2.43. The van der Waals surface area contributed by atoms with Crippen molar-refractivity contribution in [1.82, 2.24) is 15.3 Å². The lowest BCUT2D eigenvalue weighted by atomic mass is 10.0. The highest BCUT2D eigenvalue weighted by Gasteiger charge is 2.24. The fourth-order valence-electron chi connectivity index (χ4n) is 2.03. The van der Waals surface area contributed by atoms with Gasteiger partial charge in [-0.2, -0.15) is 0 Å². The van der Waals surface area contributed by atoms with Gasteiger partial charge in [0, 0.05) is 18.0 Å². The minimum Gasteiger partial charge on any atom is -0.386 e. The van der Waals surface area contributed by atoms with Crippen LogP contribution in [0.4, 0.5) is 4.39 Å². The first-order valence-corrected chi connectivity index (χ1v) is 8.51. The van der Waals surface area contributed by atoms with Crippen LogP contribution in [0.3, 0.4) is 0 Å². The maximum Gasteiger partial charge on any atom is 0.238 e. The highest BCUT2D eigenvalue weighted by molar-refractivity contribution is 6.30. The number of benzene rings is 1. The van der Waals surface area contributed by atoms with Gasteiger partial charge < -0.3 is 10.4 Å². The van der Waals surface area contributed by atoms with Gasteiger partial charge in [0.05, 0.1) is 17.9 Å². The van der Waals surface area contributed by atoms with Crippen LogP contribution in [0.1, 0.15) is 32.4 Å². The summed E-state index contributed by atoms with van der Waals surface area (Å²) in [4.78, 5) is 19.7. The summed E-state index contributed by atoms with van der Waals surface area (Å²) in [5.74, 6) is -0.524. The molecule has 3 atom stereocenters. The molecule has 0 spiro atoms. The van der Waals surface area contributed by atoms with Crippen LogP contribution in [0.5, 0.6) is 0 Å². The Morgan fingerprint density at radius 1 is 1.28 bits per heavy atom. The second-order valence-electron chi connectivity index (χ2n) is 5.04. The van der Waals surface area contributed by atoms with Crippen LogP contribution in [0.25, 0.3) is 11.3 Å². The Bertz CT molecular complexity index is 639. The number of aliphatic hydroxyl groups excluding tert-OH is 1. The predicted octanol–water partition coefficient (Wildman–Crippen LogP) is 3.28. The average molecular weight is 368 g/mol. The van der Waals surface area contributed by atoms with Crippen molar-refractivity contribution in [3.05, 3.63) is 48.4 Å². The number of nitrogens with one attached hydrogen (secondary N) is 1. The molecule has 1 aromatic heterocycles. The van der Waals surface area contributed by atoms with E-state index in [0.29, 0.717) is 11.3 Å². The Labute approximate surface area is 152 Å². The Morgan fingerprint density at radius 3 is 2.40 bits per heavy atom. The molecule has 0 radical (unpaired) electrons. The molecule has 3 unspecified atom stereocenters. The van der Waals surface area contributed by atoms with Crippen LogP contribution in [-0.2, 0) is 4.79 Å². The van der Waals surface area contributed by atoms with Gasteiger partial charge in [0.15, 0.2) is 0 Å². The summed E-state index contributed by atoms with van der Waals surface area (Å²) < 4.78 is 13.1. The van der Waals surface area contributed by atoms with Gasteiger partial charge in [-0.05, 0) is 12.5 Å². The van der Waals surface area contributed by atoms with Crippen molar-refractivity contribution in [2.45, 2.75) is 38.3 Å². The Hall–Kier alpha value is -2.05. The zero-order chi connectivity index (χ0) is 18.8. The van der Waals surface area contributed by atoms with E-state index in [4.69, 9.17) is 11.6 Å². The highest BCUT2D eigenvalue weighted by Crippen LogP contribution is 2.22. The summed E-state index contributed by atoms with van der Waals surface area (Å²) in [7, 11) is 0. The van der Waals surface area contributed by atoms with Crippen molar-refractivity contribution >= 4 is 17.5 Å². The van der Waals surface area contributed by atoms with E-state index >= 15 is 0 Å². The van der Waals surface area contributed by atoms with Crippen molar-refractivity contribution in [1.29, 1.82) is 0 Å². The number of rotatable bonds is 6. The Balaban J connectivity index is 0.00000151. The largest absolute Gasteiger partial charge is 0.386 e. The standard InChI is InChI=1S/C16H17ClFN3O2.C2H6/c1-10(17)16(23)21-13(8-18)15(22)12-4-2-11(3-5-12)14-9-19-6-7-20-14;1-2/h2-7,9-10,13,15,22H,8H2,1H3,(H,21,23);1-2H3. The van der Waals surface area contributed by atoms with E-state index in [1.807, 2.05) is 13.8 Å². The second kappa shape index (κ2) is 10.7. The summed E-state index contributed by atoms with van der Waals surface area (Å²) in [5.41, 5.74) is 2.01. The van der Waals surface area contributed by atoms with E-state index in [-0.39, 0.29) is 0 Å². The predicted molar refractivity (Wildman–Crippen MR) is 97.0 cm³/mol. The fourth-order valence-corrected chi connectivity index (χ4v) is 2.09. The highest BCUT2D eigenvalue weighted by atomic mass is 35.5. The summed E-state index contributed by atoms with van der Waals surface area (Å²) in [6.45, 7) is 4.58. The number of alkyl halides is 2. The maximum absolute atomic E-state index is 13.1. The van der Waals surface area contributed by atoms with Crippen LogP contribution < -0.4 is 5.32 Å². The number of aliphatic hydroxyl groups is 1. The van der Waals surface area contributed by atoms with Crippen molar-refractivity contribution in [3.8, 4) is 11.3 Å². The Morgan fingerprint density at radius 2 is 1.92 bits per heavy atom. The molecular weight excluding hydrogens is 345 g/mol. The molecular formula is C18H23ClFN3O2. The second-order valence-corrected chi connectivity index (χ2v) is 5.70. The number of carbonyl (C=O) groups is 1. The van der Waals surface area contributed by atoms with Crippen LogP contribution in [0, 0.1) is 0 Å². The molecule has 136 valence electrons. The minimum absolute atomic E-state index is 0.489. The van der Waals surface area contributed by atoms with Crippen molar-refractivity contribution in [2.75, 3.05) is 6.67 Å². The molecule has 0 aliphatic rings. The molecule has 2 aromatic rings. The van der Waals surface area contributed by atoms with Gasteiger partial charge in [-0.1, -0.05) is 38.1 Å². The van der Waals surface area contributed by atoms with Gasteiger partial charge >= 0.3 is 0 Å². The molecule has 1 aromatic carbocycles. The van der Waals surface area contributed by atoms with Gasteiger partial charge in [-0.3, -0.25) is 14.8 Å². The smallest absolute Gasteiger partial charge is 0.238 e. The van der Waals surface area contributed by atoms with E-state index < -0.39 is 30.1 Å². The summed E-state index contributed by atoms with van der Waals surface area (Å²) in [6.07, 6.45) is 3.61. The van der Waals surface area contributed by atoms with Crippen molar-refractivity contribution < 1.29 is 14.3 Å². The van der Waals surface area contributed by atoms with Crippen LogP contribution in [-0.4, -0.2) is 39.1 Å². The summed E-state index contributed by atoms with van der Waals surface area (Å²) in [5, 5.41) is 11.8.